The van der Waals surface area contributed by atoms with Crippen molar-refractivity contribution in [2.45, 2.75) is 26.1 Å². The summed E-state index contributed by atoms with van der Waals surface area (Å²) in [6, 6.07) is 12.5. The molecule has 0 heterocycles. The van der Waals surface area contributed by atoms with Gasteiger partial charge in [-0.15, -0.1) is 0 Å². The zero-order valence-electron chi connectivity index (χ0n) is 13.9. The van der Waals surface area contributed by atoms with Gasteiger partial charge in [-0.3, -0.25) is 9.59 Å². The quantitative estimate of drug-likeness (QED) is 0.545. The Kier molecular flexibility index (Phi) is 6.87. The van der Waals surface area contributed by atoms with E-state index in [0.29, 0.717) is 11.1 Å². The van der Waals surface area contributed by atoms with Gasteiger partial charge >= 0.3 is 5.97 Å². The van der Waals surface area contributed by atoms with Crippen molar-refractivity contribution in [3.63, 3.8) is 0 Å². The molecule has 0 aromatic heterocycles. The molecule has 5 nitrogen and oxygen atoms in total. The van der Waals surface area contributed by atoms with Gasteiger partial charge in [0.1, 0.15) is 6.61 Å². The molecule has 0 radical (unpaired) electrons. The maximum Gasteiger partial charge on any atom is 0.320 e. The summed E-state index contributed by atoms with van der Waals surface area (Å²) in [5, 5.41) is 9.50. The minimum atomic E-state index is -0.528. The van der Waals surface area contributed by atoms with Crippen LogP contribution in [0.25, 0.3) is 0 Å². The maximum absolute atomic E-state index is 13.0. The molecule has 3 N–H and O–H groups in total. The van der Waals surface area contributed by atoms with Gasteiger partial charge in [0.05, 0.1) is 13.2 Å². The number of hydrogen-bond acceptors (Lipinski definition) is 5. The van der Waals surface area contributed by atoms with Crippen LogP contribution in [0.4, 0.5) is 0 Å². The smallest absolute Gasteiger partial charge is 0.320 e. The molecule has 0 spiro atoms. The average Bonchev–Trinajstić information content (AvgIpc) is 2.65. The average molecular weight is 406 g/mol. The fourth-order valence-corrected chi connectivity index (χ4v) is 2.96. The number of hydrogen-bond donors (Lipinski definition) is 2. The van der Waals surface area contributed by atoms with E-state index in [-0.39, 0.29) is 25.5 Å². The van der Waals surface area contributed by atoms with Crippen molar-refractivity contribution in [3.8, 4) is 0 Å². The van der Waals surface area contributed by atoms with Crippen LogP contribution >= 0.6 is 15.9 Å². The van der Waals surface area contributed by atoms with Crippen LogP contribution < -0.4 is 5.73 Å². The summed E-state index contributed by atoms with van der Waals surface area (Å²) in [6.45, 7) is 1.44. The van der Waals surface area contributed by atoms with Crippen molar-refractivity contribution in [1.82, 2.24) is 0 Å². The summed E-state index contributed by atoms with van der Waals surface area (Å²) < 4.78 is 5.82. The van der Waals surface area contributed by atoms with Crippen LogP contribution in [0.1, 0.15) is 39.9 Å². The highest BCUT2D eigenvalue weighted by molar-refractivity contribution is 9.10. The van der Waals surface area contributed by atoms with E-state index < -0.39 is 11.9 Å². The monoisotopic (exact) mass is 405 g/mol. The van der Waals surface area contributed by atoms with Gasteiger partial charge in [-0.1, -0.05) is 53.2 Å². The Morgan fingerprint density at radius 1 is 1.20 bits per heavy atom. The first kappa shape index (κ1) is 19.3. The first-order valence-electron chi connectivity index (χ1n) is 7.85. The van der Waals surface area contributed by atoms with E-state index in [2.05, 4.69) is 15.9 Å². The summed E-state index contributed by atoms with van der Waals surface area (Å²) in [5.41, 5.74) is 7.82. The number of aliphatic hydroxyl groups is 1. The molecule has 0 saturated heterocycles. The number of halogens is 1. The second-order valence-corrected chi connectivity index (χ2v) is 6.52. The van der Waals surface area contributed by atoms with Crippen LogP contribution in [0.2, 0.25) is 0 Å². The van der Waals surface area contributed by atoms with Crippen molar-refractivity contribution >= 4 is 27.7 Å². The number of ether oxygens (including phenoxy) is 1. The zero-order valence-corrected chi connectivity index (χ0v) is 15.5. The molecule has 0 aliphatic heterocycles. The molecule has 0 bridgehead atoms. The van der Waals surface area contributed by atoms with Crippen LogP contribution in [0.3, 0.4) is 0 Å². The van der Waals surface area contributed by atoms with Crippen molar-refractivity contribution in [2.75, 3.05) is 6.54 Å². The van der Waals surface area contributed by atoms with Crippen LogP contribution in [0, 0.1) is 0 Å². The minimum Gasteiger partial charge on any atom is -0.460 e. The molecule has 0 aliphatic rings. The maximum atomic E-state index is 13.0. The Hall–Kier alpha value is -2.02. The fourth-order valence-electron chi connectivity index (χ4n) is 2.60. The standard InChI is InChI=1S/C19H20BrNO4/c1-12(16-5-3-2-4-13(16)10-22)19(24)17-8-15(20)7-6-14(17)11-25-18(23)9-21/h2-8,12,22H,9-11,21H2,1H3/t12-/m0/s1. The first-order chi connectivity index (χ1) is 12.0. The van der Waals surface area contributed by atoms with Crippen molar-refractivity contribution in [3.05, 3.63) is 69.2 Å². The summed E-state index contributed by atoms with van der Waals surface area (Å²) in [4.78, 5) is 24.3. The van der Waals surface area contributed by atoms with E-state index >= 15 is 0 Å². The Morgan fingerprint density at radius 3 is 2.60 bits per heavy atom. The van der Waals surface area contributed by atoms with Gasteiger partial charge in [0, 0.05) is 21.5 Å². The third-order valence-corrected chi connectivity index (χ3v) is 4.47. The van der Waals surface area contributed by atoms with Gasteiger partial charge in [0.15, 0.2) is 5.78 Å². The number of ketones is 1. The first-order valence-corrected chi connectivity index (χ1v) is 8.64. The summed E-state index contributed by atoms with van der Waals surface area (Å²) in [5.74, 6) is -1.08. The zero-order chi connectivity index (χ0) is 18.4. The molecule has 0 aliphatic carbocycles. The van der Waals surface area contributed by atoms with E-state index in [1.165, 1.54) is 0 Å². The molecular weight excluding hydrogens is 386 g/mol. The number of aliphatic hydroxyl groups excluding tert-OH is 1. The molecule has 0 fully saturated rings. The number of benzene rings is 2. The van der Waals surface area contributed by atoms with Crippen LogP contribution in [0.15, 0.2) is 46.9 Å². The molecule has 2 rings (SSSR count). The predicted molar refractivity (Wildman–Crippen MR) is 98.1 cm³/mol. The summed E-state index contributed by atoms with van der Waals surface area (Å²) in [7, 11) is 0. The third kappa shape index (κ3) is 4.75. The SMILES string of the molecule is C[C@H](C(=O)c1cc(Br)ccc1COC(=O)CN)c1ccccc1CO. The molecule has 2 aromatic rings. The van der Waals surface area contributed by atoms with Crippen molar-refractivity contribution in [1.29, 1.82) is 0 Å². The Morgan fingerprint density at radius 2 is 1.92 bits per heavy atom. The Balaban J connectivity index is 2.34. The highest BCUT2D eigenvalue weighted by atomic mass is 79.9. The number of esters is 1. The van der Waals surface area contributed by atoms with Crippen LogP contribution in [-0.2, 0) is 22.7 Å². The molecule has 0 amide bonds. The lowest BCUT2D eigenvalue weighted by molar-refractivity contribution is -0.143. The molecule has 25 heavy (non-hydrogen) atoms. The van der Waals surface area contributed by atoms with Gasteiger partial charge in [0.25, 0.3) is 0 Å². The number of carbonyl (C=O) groups is 2. The molecular formula is C19H20BrNO4. The van der Waals surface area contributed by atoms with E-state index in [1.807, 2.05) is 18.2 Å². The summed E-state index contributed by atoms with van der Waals surface area (Å²) >= 11 is 3.37. The van der Waals surface area contributed by atoms with Gasteiger partial charge < -0.3 is 15.6 Å². The summed E-state index contributed by atoms with van der Waals surface area (Å²) in [6.07, 6.45) is 0. The molecule has 0 saturated carbocycles. The molecule has 1 atom stereocenters. The molecule has 0 unspecified atom stereocenters. The highest BCUT2D eigenvalue weighted by Crippen LogP contribution is 2.27. The lowest BCUT2D eigenvalue weighted by Crippen LogP contribution is -2.18. The molecule has 6 heteroatoms. The number of carbonyl (C=O) groups excluding carboxylic acids is 2. The van der Waals surface area contributed by atoms with Crippen LogP contribution in [-0.4, -0.2) is 23.4 Å². The fraction of sp³-hybridized carbons (Fsp3) is 0.263. The van der Waals surface area contributed by atoms with E-state index in [1.54, 1.807) is 31.2 Å². The normalized spacial score (nSPS) is 11.8. The topological polar surface area (TPSA) is 89.6 Å². The Labute approximate surface area is 154 Å². The van der Waals surface area contributed by atoms with E-state index in [0.717, 1.165) is 15.6 Å². The lowest BCUT2D eigenvalue weighted by atomic mass is 9.88. The second kappa shape index (κ2) is 8.89. The Bertz CT molecular complexity index is 776. The van der Waals surface area contributed by atoms with Crippen molar-refractivity contribution < 1.29 is 19.4 Å². The molecule has 132 valence electrons. The van der Waals surface area contributed by atoms with Crippen LogP contribution in [0.5, 0.6) is 0 Å². The number of nitrogens with two attached hydrogens (primary N) is 1. The molecule has 2 aromatic carbocycles. The van der Waals surface area contributed by atoms with Crippen molar-refractivity contribution in [2.24, 2.45) is 5.73 Å². The van der Waals surface area contributed by atoms with Gasteiger partial charge in [-0.05, 0) is 23.3 Å². The lowest BCUT2D eigenvalue weighted by Gasteiger charge is -2.17. The van der Waals surface area contributed by atoms with Gasteiger partial charge in [-0.2, -0.15) is 0 Å². The van der Waals surface area contributed by atoms with E-state index in [9.17, 15) is 14.7 Å². The minimum absolute atomic E-state index is 0.0151. The third-order valence-electron chi connectivity index (χ3n) is 3.98. The second-order valence-electron chi connectivity index (χ2n) is 5.61. The number of Topliss-reactive ketones (excluding diaryl/α,β-unsaturated/α-hetero) is 1. The van der Waals surface area contributed by atoms with Gasteiger partial charge in [-0.25, -0.2) is 0 Å². The van der Waals surface area contributed by atoms with Gasteiger partial charge in [0.2, 0.25) is 0 Å². The number of rotatable bonds is 7. The highest BCUT2D eigenvalue weighted by Gasteiger charge is 2.22. The largest absolute Gasteiger partial charge is 0.460 e. The predicted octanol–water partition coefficient (Wildman–Crippen LogP) is 2.93. The van der Waals surface area contributed by atoms with E-state index in [4.69, 9.17) is 10.5 Å².